The van der Waals surface area contributed by atoms with Crippen molar-refractivity contribution in [3.05, 3.63) is 60.1 Å². The molecule has 6 heteroatoms. The third kappa shape index (κ3) is 5.32. The Morgan fingerprint density at radius 1 is 1.28 bits per heavy atom. The second kappa shape index (κ2) is 9.44. The second-order valence-electron chi connectivity index (χ2n) is 5.20. The van der Waals surface area contributed by atoms with E-state index in [2.05, 4.69) is 28.3 Å². The van der Waals surface area contributed by atoms with E-state index in [9.17, 15) is 0 Å². The first-order valence-electron chi connectivity index (χ1n) is 8.16. The van der Waals surface area contributed by atoms with Crippen LogP contribution in [0, 0.1) is 0 Å². The monoisotopic (exact) mass is 340 g/mol. The highest BCUT2D eigenvalue weighted by Crippen LogP contribution is 2.28. The van der Waals surface area contributed by atoms with Crippen molar-refractivity contribution >= 4 is 5.82 Å². The van der Waals surface area contributed by atoms with Gasteiger partial charge in [0.25, 0.3) is 0 Å². The molecule has 132 valence electrons. The summed E-state index contributed by atoms with van der Waals surface area (Å²) in [7, 11) is 1.62. The lowest BCUT2D eigenvalue weighted by molar-refractivity contribution is 0.410. The summed E-state index contributed by atoms with van der Waals surface area (Å²) in [6.07, 6.45) is 8.49. The van der Waals surface area contributed by atoms with E-state index in [4.69, 9.17) is 15.2 Å². The van der Waals surface area contributed by atoms with Crippen LogP contribution in [0.5, 0.6) is 17.4 Å². The summed E-state index contributed by atoms with van der Waals surface area (Å²) in [6.45, 7) is 4.39. The Hall–Kier alpha value is -2.86. The van der Waals surface area contributed by atoms with Gasteiger partial charge in [0, 0.05) is 23.9 Å². The number of anilines is 1. The zero-order valence-electron chi connectivity index (χ0n) is 14.8. The van der Waals surface area contributed by atoms with Gasteiger partial charge in [-0.2, -0.15) is 0 Å². The standard InChI is InChI=1S/C19H24N4O2/c1-4-6-7-15(5-2)23-18-11-19(22-13-21-18)25-17-9-8-16(24-3)10-14(17)12-20/h5-11,13H,4,12,20H2,1-3H3,(H,21,22,23)/b7-6-,15-5+. The maximum atomic E-state index is 5.87. The topological polar surface area (TPSA) is 82.3 Å². The van der Waals surface area contributed by atoms with Gasteiger partial charge in [-0.3, -0.25) is 0 Å². The maximum absolute atomic E-state index is 5.87. The molecule has 6 nitrogen and oxygen atoms in total. The predicted octanol–water partition coefficient (Wildman–Crippen LogP) is 4.02. The smallest absolute Gasteiger partial charge is 0.224 e. The normalized spacial score (nSPS) is 11.6. The average molecular weight is 340 g/mol. The molecule has 0 atom stereocenters. The zero-order chi connectivity index (χ0) is 18.1. The van der Waals surface area contributed by atoms with Crippen LogP contribution in [0.15, 0.2) is 54.5 Å². The molecule has 0 fully saturated rings. The first-order chi connectivity index (χ1) is 12.2. The number of aromatic nitrogens is 2. The van der Waals surface area contributed by atoms with Gasteiger partial charge in [-0.1, -0.05) is 19.1 Å². The van der Waals surface area contributed by atoms with Crippen molar-refractivity contribution in [2.24, 2.45) is 5.73 Å². The molecule has 1 aromatic carbocycles. The Bertz CT molecular complexity index is 757. The number of benzene rings is 1. The van der Waals surface area contributed by atoms with Gasteiger partial charge in [-0.15, -0.1) is 0 Å². The van der Waals surface area contributed by atoms with Gasteiger partial charge in [-0.25, -0.2) is 9.97 Å². The minimum absolute atomic E-state index is 0.341. The van der Waals surface area contributed by atoms with E-state index < -0.39 is 0 Å². The Labute approximate surface area is 148 Å². The van der Waals surface area contributed by atoms with E-state index in [-0.39, 0.29) is 0 Å². The van der Waals surface area contributed by atoms with Crippen LogP contribution < -0.4 is 20.5 Å². The van der Waals surface area contributed by atoms with Gasteiger partial charge in [-0.05, 0) is 37.6 Å². The van der Waals surface area contributed by atoms with Crippen molar-refractivity contribution in [1.82, 2.24) is 9.97 Å². The van der Waals surface area contributed by atoms with Crippen molar-refractivity contribution < 1.29 is 9.47 Å². The molecular weight excluding hydrogens is 316 g/mol. The molecule has 1 heterocycles. The van der Waals surface area contributed by atoms with Gasteiger partial charge in [0.2, 0.25) is 5.88 Å². The lowest BCUT2D eigenvalue weighted by Crippen LogP contribution is -2.02. The Morgan fingerprint density at radius 3 is 2.80 bits per heavy atom. The molecule has 0 bridgehead atoms. The number of nitrogens with one attached hydrogen (secondary N) is 1. The van der Waals surface area contributed by atoms with Gasteiger partial charge < -0.3 is 20.5 Å². The molecule has 3 N–H and O–H groups in total. The van der Waals surface area contributed by atoms with Crippen molar-refractivity contribution in [1.29, 1.82) is 0 Å². The average Bonchev–Trinajstić information content (AvgIpc) is 2.65. The van der Waals surface area contributed by atoms with Crippen LogP contribution in [0.2, 0.25) is 0 Å². The van der Waals surface area contributed by atoms with Gasteiger partial charge in [0.15, 0.2) is 0 Å². The molecule has 0 amide bonds. The third-order valence-electron chi connectivity index (χ3n) is 3.46. The summed E-state index contributed by atoms with van der Waals surface area (Å²) in [6, 6.07) is 7.23. The molecule has 0 aliphatic carbocycles. The summed E-state index contributed by atoms with van der Waals surface area (Å²) < 4.78 is 11.1. The highest BCUT2D eigenvalue weighted by atomic mass is 16.5. The Morgan fingerprint density at radius 2 is 2.12 bits per heavy atom. The van der Waals surface area contributed by atoms with Crippen LogP contribution in [-0.4, -0.2) is 17.1 Å². The van der Waals surface area contributed by atoms with E-state index in [1.807, 2.05) is 37.3 Å². The molecule has 2 rings (SSSR count). The van der Waals surface area contributed by atoms with Crippen molar-refractivity contribution in [2.45, 2.75) is 26.8 Å². The molecular formula is C19H24N4O2. The van der Waals surface area contributed by atoms with Crippen LogP contribution >= 0.6 is 0 Å². The van der Waals surface area contributed by atoms with E-state index in [0.717, 1.165) is 23.4 Å². The second-order valence-corrected chi connectivity index (χ2v) is 5.20. The fourth-order valence-electron chi connectivity index (χ4n) is 2.12. The summed E-state index contributed by atoms with van der Waals surface area (Å²) >= 11 is 0. The summed E-state index contributed by atoms with van der Waals surface area (Å²) in [5.74, 6) is 2.47. The third-order valence-corrected chi connectivity index (χ3v) is 3.46. The van der Waals surface area contributed by atoms with E-state index in [1.54, 1.807) is 13.2 Å². The number of ether oxygens (including phenoxy) is 2. The van der Waals surface area contributed by atoms with Crippen molar-refractivity contribution in [3.63, 3.8) is 0 Å². The quantitative estimate of drug-likeness (QED) is 0.706. The molecule has 0 radical (unpaired) electrons. The van der Waals surface area contributed by atoms with Gasteiger partial charge in [0.05, 0.1) is 7.11 Å². The number of nitrogens with zero attached hydrogens (tertiary/aromatic N) is 2. The molecule has 0 aliphatic heterocycles. The number of hydrogen-bond donors (Lipinski definition) is 2. The van der Waals surface area contributed by atoms with Crippen LogP contribution in [0.3, 0.4) is 0 Å². The first kappa shape index (κ1) is 18.5. The number of hydrogen-bond acceptors (Lipinski definition) is 6. The molecule has 25 heavy (non-hydrogen) atoms. The summed E-state index contributed by atoms with van der Waals surface area (Å²) in [5, 5.41) is 3.24. The molecule has 1 aromatic heterocycles. The summed E-state index contributed by atoms with van der Waals surface area (Å²) in [4.78, 5) is 8.39. The molecule has 0 saturated carbocycles. The number of methoxy groups -OCH3 is 1. The van der Waals surface area contributed by atoms with Crippen molar-refractivity contribution in [3.8, 4) is 17.4 Å². The van der Waals surface area contributed by atoms with Crippen LogP contribution in [0.4, 0.5) is 5.82 Å². The summed E-state index contributed by atoms with van der Waals surface area (Å²) in [5.41, 5.74) is 7.59. The zero-order valence-corrected chi connectivity index (χ0v) is 14.8. The minimum Gasteiger partial charge on any atom is -0.497 e. The Balaban J connectivity index is 2.18. The largest absolute Gasteiger partial charge is 0.497 e. The number of rotatable bonds is 8. The van der Waals surface area contributed by atoms with Crippen LogP contribution in [0.25, 0.3) is 0 Å². The number of allylic oxidation sites excluding steroid dienone is 3. The molecule has 2 aromatic rings. The molecule has 0 spiro atoms. The molecule has 0 unspecified atom stereocenters. The Kier molecular flexibility index (Phi) is 6.98. The van der Waals surface area contributed by atoms with Crippen molar-refractivity contribution in [2.75, 3.05) is 12.4 Å². The van der Waals surface area contributed by atoms with E-state index >= 15 is 0 Å². The van der Waals surface area contributed by atoms with Crippen LogP contribution in [0.1, 0.15) is 25.8 Å². The van der Waals surface area contributed by atoms with E-state index in [0.29, 0.717) is 24.0 Å². The van der Waals surface area contributed by atoms with Crippen LogP contribution in [-0.2, 0) is 6.54 Å². The fraction of sp³-hybridized carbons (Fsp3) is 0.263. The SMILES string of the molecule is C/C=C(\C=C/CC)Nc1cc(Oc2ccc(OC)cc2CN)ncn1. The fourth-order valence-corrected chi connectivity index (χ4v) is 2.12. The first-order valence-corrected chi connectivity index (χ1v) is 8.16. The lowest BCUT2D eigenvalue weighted by atomic mass is 10.2. The molecule has 0 aliphatic rings. The number of nitrogens with two attached hydrogens (primary N) is 1. The molecule has 0 saturated heterocycles. The van der Waals surface area contributed by atoms with Gasteiger partial charge in [0.1, 0.15) is 23.6 Å². The minimum atomic E-state index is 0.341. The highest BCUT2D eigenvalue weighted by molar-refractivity contribution is 5.48. The lowest BCUT2D eigenvalue weighted by Gasteiger charge is -2.12. The maximum Gasteiger partial charge on any atom is 0.224 e. The highest BCUT2D eigenvalue weighted by Gasteiger charge is 2.08. The predicted molar refractivity (Wildman–Crippen MR) is 99.8 cm³/mol. The van der Waals surface area contributed by atoms with E-state index in [1.165, 1.54) is 6.33 Å². The van der Waals surface area contributed by atoms with Gasteiger partial charge >= 0.3 is 0 Å².